The number of ether oxygens (including phenoxy) is 4. The van der Waals surface area contributed by atoms with Gasteiger partial charge in [0, 0.05) is 7.11 Å². The fraction of sp³-hybridized carbons (Fsp3) is 0.650. The van der Waals surface area contributed by atoms with Crippen molar-refractivity contribution < 1.29 is 39.1 Å². The Kier molecular flexibility index (Phi) is 7.37. The highest BCUT2D eigenvalue weighted by Gasteiger charge is 2.47. The Morgan fingerprint density at radius 3 is 2.31 bits per heavy atom. The average Bonchev–Trinajstić information content (AvgIpc) is 2.74. The summed E-state index contributed by atoms with van der Waals surface area (Å²) < 4.78 is 21.6. The standard InChI is InChI=1S/C20H27ClO8/c1-26-11-4-6-12(7-5-11)28-14-9-10(3-8-13(14)21)18-16(23)15(22)17(24)19(29-18)20(25)27-2/h3,8-9,11-12,15-19,22-24H,4-7H2,1-2H3/t11?,12?,15-,16-,17+,18+,19+/m1/s1. The minimum atomic E-state index is -1.60. The summed E-state index contributed by atoms with van der Waals surface area (Å²) in [4.78, 5) is 11.9. The van der Waals surface area contributed by atoms with Crippen molar-refractivity contribution in [3.63, 3.8) is 0 Å². The smallest absolute Gasteiger partial charge is 0.337 e. The Hall–Kier alpha value is -1.42. The third-order valence-electron chi connectivity index (χ3n) is 5.58. The van der Waals surface area contributed by atoms with E-state index in [2.05, 4.69) is 4.74 Å². The summed E-state index contributed by atoms with van der Waals surface area (Å²) in [5.74, 6) is -0.412. The van der Waals surface area contributed by atoms with Gasteiger partial charge < -0.3 is 34.3 Å². The molecular formula is C20H27ClO8. The van der Waals surface area contributed by atoms with Crippen LogP contribution in [0.3, 0.4) is 0 Å². The van der Waals surface area contributed by atoms with E-state index < -0.39 is 36.5 Å². The van der Waals surface area contributed by atoms with Gasteiger partial charge in [-0.25, -0.2) is 4.79 Å². The lowest BCUT2D eigenvalue weighted by Gasteiger charge is -2.39. The van der Waals surface area contributed by atoms with E-state index in [1.54, 1.807) is 25.3 Å². The van der Waals surface area contributed by atoms with E-state index in [4.69, 9.17) is 25.8 Å². The number of carbonyl (C=O) groups is 1. The summed E-state index contributed by atoms with van der Waals surface area (Å²) in [6, 6.07) is 4.84. The molecule has 9 heteroatoms. The van der Waals surface area contributed by atoms with Crippen molar-refractivity contribution in [3.05, 3.63) is 28.8 Å². The molecule has 0 aromatic heterocycles. The zero-order valence-corrected chi connectivity index (χ0v) is 17.1. The Labute approximate surface area is 174 Å². The number of aliphatic hydroxyl groups excluding tert-OH is 3. The molecule has 5 atom stereocenters. The van der Waals surface area contributed by atoms with Gasteiger partial charge in [-0.15, -0.1) is 0 Å². The highest BCUT2D eigenvalue weighted by atomic mass is 35.5. The second kappa shape index (κ2) is 9.59. The Morgan fingerprint density at radius 1 is 1.03 bits per heavy atom. The van der Waals surface area contributed by atoms with Crippen LogP contribution in [0.5, 0.6) is 5.75 Å². The number of carbonyl (C=O) groups excluding carboxylic acids is 1. The molecule has 1 aromatic carbocycles. The van der Waals surface area contributed by atoms with Crippen LogP contribution in [-0.2, 0) is 19.0 Å². The fourth-order valence-electron chi connectivity index (χ4n) is 3.82. The first kappa shape index (κ1) is 22.3. The summed E-state index contributed by atoms with van der Waals surface area (Å²) in [5.41, 5.74) is 0.460. The van der Waals surface area contributed by atoms with E-state index >= 15 is 0 Å². The molecule has 1 aromatic rings. The summed E-state index contributed by atoms with van der Waals surface area (Å²) in [6.07, 6.45) is -3.44. The van der Waals surface area contributed by atoms with Crippen molar-refractivity contribution in [2.45, 2.75) is 68.4 Å². The zero-order valence-electron chi connectivity index (χ0n) is 16.4. The quantitative estimate of drug-likeness (QED) is 0.600. The van der Waals surface area contributed by atoms with E-state index in [9.17, 15) is 20.1 Å². The predicted molar refractivity (Wildman–Crippen MR) is 103 cm³/mol. The molecule has 1 heterocycles. The van der Waals surface area contributed by atoms with E-state index in [0.717, 1.165) is 32.8 Å². The van der Waals surface area contributed by atoms with E-state index in [-0.39, 0.29) is 12.2 Å². The third-order valence-corrected chi connectivity index (χ3v) is 5.89. The molecule has 0 bridgehead atoms. The van der Waals surface area contributed by atoms with E-state index in [0.29, 0.717) is 16.3 Å². The maximum Gasteiger partial charge on any atom is 0.337 e. The number of methoxy groups -OCH3 is 2. The third kappa shape index (κ3) is 4.84. The van der Waals surface area contributed by atoms with Crippen LogP contribution in [0.2, 0.25) is 5.02 Å². The van der Waals surface area contributed by atoms with E-state index in [1.165, 1.54) is 0 Å². The van der Waals surface area contributed by atoms with Gasteiger partial charge in [-0.05, 0) is 43.4 Å². The summed E-state index contributed by atoms with van der Waals surface area (Å²) in [5, 5.41) is 31.0. The van der Waals surface area contributed by atoms with Gasteiger partial charge in [-0.3, -0.25) is 0 Å². The number of aliphatic hydroxyl groups is 3. The molecule has 0 radical (unpaired) electrons. The predicted octanol–water partition coefficient (Wildman–Crippen LogP) is 1.37. The van der Waals surface area contributed by atoms with Crippen molar-refractivity contribution in [1.82, 2.24) is 0 Å². The monoisotopic (exact) mass is 430 g/mol. The molecular weight excluding hydrogens is 404 g/mol. The molecule has 29 heavy (non-hydrogen) atoms. The molecule has 3 rings (SSSR count). The van der Waals surface area contributed by atoms with Crippen LogP contribution in [0, 0.1) is 0 Å². The number of hydrogen-bond donors (Lipinski definition) is 3. The molecule has 1 aliphatic carbocycles. The van der Waals surface area contributed by atoms with Crippen molar-refractivity contribution in [2.75, 3.05) is 14.2 Å². The molecule has 1 aliphatic heterocycles. The Balaban J connectivity index is 1.78. The molecule has 0 spiro atoms. The maximum absolute atomic E-state index is 11.9. The van der Waals surface area contributed by atoms with Gasteiger partial charge in [0.2, 0.25) is 0 Å². The highest BCUT2D eigenvalue weighted by molar-refractivity contribution is 6.32. The van der Waals surface area contributed by atoms with Gasteiger partial charge in [0.1, 0.15) is 30.2 Å². The van der Waals surface area contributed by atoms with Gasteiger partial charge in [-0.1, -0.05) is 17.7 Å². The van der Waals surface area contributed by atoms with Crippen LogP contribution in [0.1, 0.15) is 37.4 Å². The molecule has 3 N–H and O–H groups in total. The molecule has 162 valence electrons. The van der Waals surface area contributed by atoms with Gasteiger partial charge >= 0.3 is 5.97 Å². The van der Waals surface area contributed by atoms with Gasteiger partial charge in [-0.2, -0.15) is 0 Å². The number of benzene rings is 1. The molecule has 2 aliphatic rings. The lowest BCUT2D eigenvalue weighted by molar-refractivity contribution is -0.231. The lowest BCUT2D eigenvalue weighted by atomic mass is 9.91. The minimum Gasteiger partial charge on any atom is -0.489 e. The second-order valence-corrected chi connectivity index (χ2v) is 7.82. The number of halogens is 1. The van der Waals surface area contributed by atoms with Crippen LogP contribution in [0.15, 0.2) is 18.2 Å². The Morgan fingerprint density at radius 2 is 1.69 bits per heavy atom. The Bertz CT molecular complexity index is 706. The zero-order chi connectivity index (χ0) is 21.1. The molecule has 1 saturated heterocycles. The SMILES string of the molecule is COC(=O)[C@H]1O[C@@H](c2ccc(Cl)c(OC3CCC(OC)CC3)c2)[C@H](O)[C@@H](O)[C@@H]1O. The summed E-state index contributed by atoms with van der Waals surface area (Å²) in [6.45, 7) is 0. The first-order valence-corrected chi connectivity index (χ1v) is 9.99. The van der Waals surface area contributed by atoms with Crippen LogP contribution >= 0.6 is 11.6 Å². The first-order valence-electron chi connectivity index (χ1n) is 9.62. The molecule has 8 nitrogen and oxygen atoms in total. The van der Waals surface area contributed by atoms with Crippen LogP contribution in [0.4, 0.5) is 0 Å². The largest absolute Gasteiger partial charge is 0.489 e. The fourth-order valence-corrected chi connectivity index (χ4v) is 3.98. The van der Waals surface area contributed by atoms with E-state index in [1.807, 2.05) is 0 Å². The topological polar surface area (TPSA) is 115 Å². The van der Waals surface area contributed by atoms with Crippen molar-refractivity contribution >= 4 is 17.6 Å². The number of esters is 1. The maximum atomic E-state index is 11.9. The summed E-state index contributed by atoms with van der Waals surface area (Å²) >= 11 is 6.28. The highest BCUT2D eigenvalue weighted by Crippen LogP contribution is 2.37. The minimum absolute atomic E-state index is 0.0124. The van der Waals surface area contributed by atoms with Crippen LogP contribution < -0.4 is 4.74 Å². The molecule has 0 unspecified atom stereocenters. The molecule has 2 fully saturated rings. The average molecular weight is 431 g/mol. The van der Waals surface area contributed by atoms with Crippen molar-refractivity contribution in [3.8, 4) is 5.75 Å². The first-order chi connectivity index (χ1) is 13.8. The van der Waals surface area contributed by atoms with Crippen molar-refractivity contribution in [2.24, 2.45) is 0 Å². The summed E-state index contributed by atoms with van der Waals surface area (Å²) in [7, 11) is 2.85. The second-order valence-electron chi connectivity index (χ2n) is 7.41. The molecule has 0 amide bonds. The van der Waals surface area contributed by atoms with Gasteiger partial charge in [0.15, 0.2) is 6.10 Å². The van der Waals surface area contributed by atoms with Gasteiger partial charge in [0.05, 0.1) is 24.3 Å². The van der Waals surface area contributed by atoms with Crippen LogP contribution in [-0.4, -0.2) is 72.1 Å². The van der Waals surface area contributed by atoms with Gasteiger partial charge in [0.25, 0.3) is 0 Å². The van der Waals surface area contributed by atoms with Crippen molar-refractivity contribution in [1.29, 1.82) is 0 Å². The number of hydrogen-bond acceptors (Lipinski definition) is 8. The molecule has 1 saturated carbocycles. The normalized spacial score (nSPS) is 35.2. The number of rotatable bonds is 5. The van der Waals surface area contributed by atoms with Crippen LogP contribution in [0.25, 0.3) is 0 Å². The lowest BCUT2D eigenvalue weighted by Crippen LogP contribution is -2.56.